The number of hydrogen-bond donors (Lipinski definition) is 0. The van der Waals surface area contributed by atoms with Crippen molar-refractivity contribution in [3.63, 3.8) is 0 Å². The number of methoxy groups -OCH3 is 1. The van der Waals surface area contributed by atoms with Gasteiger partial charge in [0, 0.05) is 19.6 Å². The minimum atomic E-state index is -0.851. The Labute approximate surface area is 83.8 Å². The van der Waals surface area contributed by atoms with E-state index in [1.807, 2.05) is 13.8 Å². The highest BCUT2D eigenvalue weighted by Crippen LogP contribution is 2.37. The van der Waals surface area contributed by atoms with Crippen LogP contribution in [0.1, 0.15) is 20.3 Å². The van der Waals surface area contributed by atoms with E-state index in [-0.39, 0.29) is 5.97 Å². The van der Waals surface area contributed by atoms with E-state index in [4.69, 9.17) is 9.47 Å². The van der Waals surface area contributed by atoms with Crippen molar-refractivity contribution in [2.45, 2.75) is 26.1 Å². The van der Waals surface area contributed by atoms with Gasteiger partial charge in [0.1, 0.15) is 0 Å². The third kappa shape index (κ3) is 1.81. The topological polar surface area (TPSA) is 44.8 Å². The summed E-state index contributed by atoms with van der Waals surface area (Å²) in [6.45, 7) is 4.75. The van der Waals surface area contributed by atoms with Crippen molar-refractivity contribution in [2.75, 3.05) is 20.3 Å². The summed E-state index contributed by atoms with van der Waals surface area (Å²) >= 11 is 0. The number of rotatable bonds is 5. The van der Waals surface area contributed by atoms with Gasteiger partial charge in [-0.25, -0.2) is 4.79 Å². The summed E-state index contributed by atoms with van der Waals surface area (Å²) in [6, 6.07) is 0. The zero-order valence-corrected chi connectivity index (χ0v) is 8.83. The molecule has 0 saturated heterocycles. The Bertz CT molecular complexity index is 239. The molecule has 0 atom stereocenters. The van der Waals surface area contributed by atoms with E-state index in [0.717, 1.165) is 0 Å². The van der Waals surface area contributed by atoms with Crippen molar-refractivity contribution in [1.29, 1.82) is 0 Å². The zero-order chi connectivity index (χ0) is 10.6. The molecule has 0 N–H and O–H groups in total. The van der Waals surface area contributed by atoms with E-state index in [0.29, 0.717) is 25.2 Å². The van der Waals surface area contributed by atoms with Gasteiger partial charge in [0.05, 0.1) is 12.7 Å². The molecule has 0 bridgehead atoms. The van der Waals surface area contributed by atoms with Gasteiger partial charge in [-0.2, -0.15) is 0 Å². The predicted molar refractivity (Wildman–Crippen MR) is 50.7 cm³/mol. The van der Waals surface area contributed by atoms with Crippen LogP contribution in [-0.2, 0) is 19.0 Å². The maximum atomic E-state index is 11.3. The molecule has 0 spiro atoms. The van der Waals surface area contributed by atoms with Crippen LogP contribution >= 0.6 is 0 Å². The fraction of sp³-hybridized carbons (Fsp3) is 0.700. The maximum Gasteiger partial charge on any atom is 0.338 e. The zero-order valence-electron chi connectivity index (χ0n) is 8.83. The van der Waals surface area contributed by atoms with Crippen molar-refractivity contribution < 1.29 is 19.0 Å². The fourth-order valence-electron chi connectivity index (χ4n) is 1.50. The third-order valence-corrected chi connectivity index (χ3v) is 2.15. The van der Waals surface area contributed by atoms with Crippen LogP contribution in [0.25, 0.3) is 0 Å². The van der Waals surface area contributed by atoms with Crippen molar-refractivity contribution in [1.82, 2.24) is 0 Å². The van der Waals surface area contributed by atoms with E-state index in [1.54, 1.807) is 6.08 Å². The van der Waals surface area contributed by atoms with Crippen LogP contribution < -0.4 is 0 Å². The second kappa shape index (κ2) is 4.57. The molecule has 0 aromatic rings. The van der Waals surface area contributed by atoms with Crippen LogP contribution in [-0.4, -0.2) is 32.1 Å². The Kier molecular flexibility index (Phi) is 3.66. The van der Waals surface area contributed by atoms with Gasteiger partial charge in [0.2, 0.25) is 5.79 Å². The monoisotopic (exact) mass is 200 g/mol. The molecule has 0 fully saturated rings. The van der Waals surface area contributed by atoms with Gasteiger partial charge in [-0.15, -0.1) is 0 Å². The van der Waals surface area contributed by atoms with Gasteiger partial charge in [0.15, 0.2) is 0 Å². The molecule has 0 aliphatic heterocycles. The normalized spacial score (nSPS) is 18.4. The van der Waals surface area contributed by atoms with Crippen LogP contribution in [0, 0.1) is 0 Å². The van der Waals surface area contributed by atoms with Gasteiger partial charge >= 0.3 is 5.97 Å². The molecule has 80 valence electrons. The van der Waals surface area contributed by atoms with Crippen molar-refractivity contribution in [3.05, 3.63) is 11.6 Å². The largest absolute Gasteiger partial charge is 0.466 e. The first kappa shape index (κ1) is 11.2. The average Bonchev–Trinajstić information content (AvgIpc) is 2.15. The summed E-state index contributed by atoms with van der Waals surface area (Å²) in [5, 5.41) is 0. The molecule has 0 aromatic carbocycles. The Morgan fingerprint density at radius 2 is 2.00 bits per heavy atom. The fourth-order valence-corrected chi connectivity index (χ4v) is 1.50. The van der Waals surface area contributed by atoms with E-state index in [2.05, 4.69) is 4.74 Å². The van der Waals surface area contributed by atoms with Crippen LogP contribution in [0.15, 0.2) is 11.6 Å². The molecule has 0 heterocycles. The van der Waals surface area contributed by atoms with E-state index in [1.165, 1.54) is 7.11 Å². The molecule has 0 radical (unpaired) electrons. The summed E-state index contributed by atoms with van der Waals surface area (Å²) in [4.78, 5) is 11.3. The number of carbonyl (C=O) groups is 1. The lowest BCUT2D eigenvalue weighted by Crippen LogP contribution is -2.46. The van der Waals surface area contributed by atoms with Gasteiger partial charge in [-0.3, -0.25) is 0 Å². The Morgan fingerprint density at radius 3 is 2.29 bits per heavy atom. The summed E-state index contributed by atoms with van der Waals surface area (Å²) in [6.07, 6.45) is 2.39. The molecule has 1 aliphatic rings. The molecular weight excluding hydrogens is 184 g/mol. The second-order valence-corrected chi connectivity index (χ2v) is 2.93. The van der Waals surface area contributed by atoms with Gasteiger partial charge in [-0.05, 0) is 13.8 Å². The van der Waals surface area contributed by atoms with Gasteiger partial charge < -0.3 is 14.2 Å². The van der Waals surface area contributed by atoms with Crippen molar-refractivity contribution in [3.8, 4) is 0 Å². The molecule has 0 unspecified atom stereocenters. The summed E-state index contributed by atoms with van der Waals surface area (Å²) in [5.41, 5.74) is 0.476. The Morgan fingerprint density at radius 1 is 1.43 bits per heavy atom. The molecular formula is C10H16O4. The van der Waals surface area contributed by atoms with Crippen LogP contribution in [0.2, 0.25) is 0 Å². The van der Waals surface area contributed by atoms with E-state index >= 15 is 0 Å². The minimum Gasteiger partial charge on any atom is -0.466 e. The van der Waals surface area contributed by atoms with Crippen LogP contribution in [0.4, 0.5) is 0 Å². The van der Waals surface area contributed by atoms with Gasteiger partial charge in [0.25, 0.3) is 0 Å². The van der Waals surface area contributed by atoms with E-state index < -0.39 is 5.79 Å². The molecule has 0 amide bonds. The molecule has 0 aromatic heterocycles. The standard InChI is InChI=1S/C10H16O4/c1-4-13-10(14-5-2)7-6-8(10)9(11)12-3/h6H,4-5,7H2,1-3H3. The molecule has 0 saturated carbocycles. The lowest BCUT2D eigenvalue weighted by molar-refractivity contribution is -0.220. The summed E-state index contributed by atoms with van der Waals surface area (Å²) in [7, 11) is 1.35. The predicted octanol–water partition coefficient (Wildman–Crippen LogP) is 1.26. The lowest BCUT2D eigenvalue weighted by Gasteiger charge is -2.39. The number of esters is 1. The SMILES string of the molecule is CCOC1(OCC)CC=C1C(=O)OC. The molecule has 1 aliphatic carbocycles. The van der Waals surface area contributed by atoms with Crippen molar-refractivity contribution in [2.24, 2.45) is 0 Å². The number of ether oxygens (including phenoxy) is 3. The first-order chi connectivity index (χ1) is 6.70. The van der Waals surface area contributed by atoms with Crippen molar-refractivity contribution >= 4 is 5.97 Å². The smallest absolute Gasteiger partial charge is 0.338 e. The minimum absolute atomic E-state index is 0.377. The summed E-state index contributed by atoms with van der Waals surface area (Å²) < 4.78 is 15.5. The maximum absolute atomic E-state index is 11.3. The first-order valence-electron chi connectivity index (χ1n) is 4.77. The molecule has 4 heteroatoms. The molecule has 14 heavy (non-hydrogen) atoms. The Hall–Kier alpha value is -0.870. The lowest BCUT2D eigenvalue weighted by atomic mass is 9.90. The molecule has 4 nitrogen and oxygen atoms in total. The van der Waals surface area contributed by atoms with Crippen LogP contribution in [0.3, 0.4) is 0 Å². The molecule has 1 rings (SSSR count). The number of carbonyl (C=O) groups excluding carboxylic acids is 1. The second-order valence-electron chi connectivity index (χ2n) is 2.93. The summed E-state index contributed by atoms with van der Waals surface area (Å²) in [5.74, 6) is -1.23. The average molecular weight is 200 g/mol. The van der Waals surface area contributed by atoms with Gasteiger partial charge in [-0.1, -0.05) is 6.08 Å². The van der Waals surface area contributed by atoms with Crippen LogP contribution in [0.5, 0.6) is 0 Å². The highest BCUT2D eigenvalue weighted by Gasteiger charge is 2.46. The number of hydrogen-bond acceptors (Lipinski definition) is 4. The first-order valence-corrected chi connectivity index (χ1v) is 4.77. The highest BCUT2D eigenvalue weighted by molar-refractivity contribution is 5.92. The quantitative estimate of drug-likeness (QED) is 0.495. The Balaban J connectivity index is 2.72. The highest BCUT2D eigenvalue weighted by atomic mass is 16.7. The third-order valence-electron chi connectivity index (χ3n) is 2.15. The van der Waals surface area contributed by atoms with E-state index in [9.17, 15) is 4.79 Å².